The lowest BCUT2D eigenvalue weighted by Gasteiger charge is -2.15. The van der Waals surface area contributed by atoms with E-state index in [1.807, 2.05) is 19.1 Å². The number of rotatable bonds is 7. The molecule has 0 saturated carbocycles. The van der Waals surface area contributed by atoms with Gasteiger partial charge >= 0.3 is 0 Å². The Bertz CT molecular complexity index is 864. The number of hydrogen-bond donors (Lipinski definition) is 1. The fourth-order valence-electron chi connectivity index (χ4n) is 2.55. The Morgan fingerprint density at radius 3 is 2.60 bits per heavy atom. The lowest BCUT2D eigenvalue weighted by Crippen LogP contribution is -2.27. The van der Waals surface area contributed by atoms with Gasteiger partial charge in [-0.25, -0.2) is 0 Å². The van der Waals surface area contributed by atoms with Crippen molar-refractivity contribution in [3.8, 4) is 17.7 Å². The van der Waals surface area contributed by atoms with E-state index < -0.39 is 17.2 Å². The molecule has 0 atom stereocenters. The quantitative estimate of drug-likeness (QED) is 0.782. The van der Waals surface area contributed by atoms with Crippen molar-refractivity contribution >= 4 is 5.78 Å². The Balaban J connectivity index is 2.40. The molecule has 0 saturated heterocycles. The number of ketones is 1. The summed E-state index contributed by atoms with van der Waals surface area (Å²) in [5, 5.41) is 19.7. The predicted octanol–water partition coefficient (Wildman–Crippen LogP) is 2.80. The summed E-state index contributed by atoms with van der Waals surface area (Å²) in [4.78, 5) is 24.9. The summed E-state index contributed by atoms with van der Waals surface area (Å²) in [7, 11) is 0. The van der Waals surface area contributed by atoms with Crippen molar-refractivity contribution in [3.63, 3.8) is 0 Å². The van der Waals surface area contributed by atoms with Crippen molar-refractivity contribution in [1.82, 2.24) is 4.57 Å². The van der Waals surface area contributed by atoms with E-state index in [4.69, 9.17) is 4.74 Å². The molecule has 1 aromatic carbocycles. The van der Waals surface area contributed by atoms with E-state index in [0.29, 0.717) is 12.2 Å². The Labute approximate surface area is 145 Å². The highest BCUT2D eigenvalue weighted by Crippen LogP contribution is 2.23. The van der Waals surface area contributed by atoms with Crippen LogP contribution in [0, 0.1) is 18.3 Å². The van der Waals surface area contributed by atoms with Gasteiger partial charge in [0.15, 0.2) is 6.61 Å². The lowest BCUT2D eigenvalue weighted by molar-refractivity contribution is 0.0916. The van der Waals surface area contributed by atoms with Gasteiger partial charge in [-0.05, 0) is 31.0 Å². The van der Waals surface area contributed by atoms with Crippen LogP contribution in [-0.2, 0) is 6.54 Å². The average Bonchev–Trinajstić information content (AvgIpc) is 2.61. The number of ether oxygens (including phenoxy) is 1. The van der Waals surface area contributed by atoms with Gasteiger partial charge in [0.2, 0.25) is 11.7 Å². The number of unbranched alkanes of at least 4 members (excludes halogenated alkanes) is 1. The highest BCUT2D eigenvalue weighted by Gasteiger charge is 2.24. The molecule has 0 spiro atoms. The van der Waals surface area contributed by atoms with E-state index in [9.17, 15) is 20.0 Å². The zero-order valence-electron chi connectivity index (χ0n) is 14.3. The van der Waals surface area contributed by atoms with E-state index >= 15 is 0 Å². The number of benzene rings is 1. The number of aromatic hydroxyl groups is 1. The molecular weight excluding hydrogens is 320 g/mol. The minimum absolute atomic E-state index is 0.0387. The third-order valence-corrected chi connectivity index (χ3v) is 3.93. The highest BCUT2D eigenvalue weighted by molar-refractivity contribution is 6.01. The molecule has 0 amide bonds. The van der Waals surface area contributed by atoms with Gasteiger partial charge in [0, 0.05) is 6.54 Å². The maximum absolute atomic E-state index is 12.6. The second-order valence-electron chi connectivity index (χ2n) is 5.65. The van der Waals surface area contributed by atoms with E-state index in [1.165, 1.54) is 6.92 Å². The number of nitriles is 1. The van der Waals surface area contributed by atoms with Crippen LogP contribution in [0.4, 0.5) is 0 Å². The second-order valence-corrected chi connectivity index (χ2v) is 5.65. The molecule has 0 fully saturated rings. The number of nitrogens with zero attached hydrogens (tertiary/aromatic N) is 2. The van der Waals surface area contributed by atoms with Gasteiger partial charge in [-0.2, -0.15) is 5.26 Å². The van der Waals surface area contributed by atoms with Crippen LogP contribution < -0.4 is 10.3 Å². The molecule has 1 heterocycles. The van der Waals surface area contributed by atoms with Crippen molar-refractivity contribution in [2.45, 2.75) is 33.2 Å². The summed E-state index contributed by atoms with van der Waals surface area (Å²) in [5.74, 6) is -0.370. The Morgan fingerprint density at radius 2 is 2.00 bits per heavy atom. The van der Waals surface area contributed by atoms with Crippen molar-refractivity contribution < 1.29 is 14.6 Å². The molecule has 0 radical (unpaired) electrons. The van der Waals surface area contributed by atoms with Gasteiger partial charge in [0.1, 0.15) is 17.4 Å². The zero-order valence-corrected chi connectivity index (χ0v) is 14.3. The fraction of sp³-hybridized carbons (Fsp3) is 0.316. The van der Waals surface area contributed by atoms with Crippen LogP contribution in [0.25, 0.3) is 0 Å². The molecule has 2 aromatic rings. The molecule has 0 aliphatic rings. The molecule has 1 N–H and O–H groups in total. The van der Waals surface area contributed by atoms with Gasteiger partial charge in [-0.1, -0.05) is 31.5 Å². The van der Waals surface area contributed by atoms with E-state index in [1.54, 1.807) is 24.3 Å². The van der Waals surface area contributed by atoms with Crippen LogP contribution in [0.2, 0.25) is 0 Å². The van der Waals surface area contributed by atoms with Crippen LogP contribution in [0.1, 0.15) is 41.3 Å². The van der Waals surface area contributed by atoms with Gasteiger partial charge < -0.3 is 9.84 Å². The fourth-order valence-corrected chi connectivity index (χ4v) is 2.55. The normalized spacial score (nSPS) is 10.3. The molecule has 0 unspecified atom stereocenters. The van der Waals surface area contributed by atoms with Crippen molar-refractivity contribution in [2.24, 2.45) is 0 Å². The summed E-state index contributed by atoms with van der Waals surface area (Å²) in [6.07, 6.45) is 1.46. The summed E-state index contributed by atoms with van der Waals surface area (Å²) < 4.78 is 6.51. The van der Waals surface area contributed by atoms with Crippen molar-refractivity contribution in [2.75, 3.05) is 6.61 Å². The highest BCUT2D eigenvalue weighted by atomic mass is 16.5. The van der Waals surface area contributed by atoms with Gasteiger partial charge in [-0.3, -0.25) is 14.2 Å². The molecule has 0 bridgehead atoms. The monoisotopic (exact) mass is 340 g/mol. The number of carbonyl (C=O) groups excluding carboxylic acids is 1. The standard InChI is InChI=1S/C19H20N2O4/c1-3-4-10-21-18(23)15(11-20)13(2)17(19(21)24)16(22)12-25-14-8-6-5-7-9-14/h5-9,24H,3-4,10,12H2,1-2H3. The van der Waals surface area contributed by atoms with Crippen LogP contribution in [-0.4, -0.2) is 22.1 Å². The van der Waals surface area contributed by atoms with Crippen LogP contribution in [0.15, 0.2) is 35.1 Å². The molecule has 2 rings (SSSR count). The lowest BCUT2D eigenvalue weighted by atomic mass is 10.0. The minimum Gasteiger partial charge on any atom is -0.494 e. The number of aromatic nitrogens is 1. The molecule has 1 aromatic heterocycles. The summed E-state index contributed by atoms with van der Waals surface area (Å²) in [6.45, 7) is 3.38. The first-order valence-electron chi connectivity index (χ1n) is 8.08. The molecule has 6 heteroatoms. The number of hydrogen-bond acceptors (Lipinski definition) is 5. The number of para-hydroxylation sites is 1. The summed E-state index contributed by atoms with van der Waals surface area (Å²) in [5.41, 5.74) is -0.564. The molecule has 6 nitrogen and oxygen atoms in total. The van der Waals surface area contributed by atoms with Crippen molar-refractivity contribution in [3.05, 3.63) is 57.4 Å². The van der Waals surface area contributed by atoms with Gasteiger partial charge in [0.25, 0.3) is 5.56 Å². The predicted molar refractivity (Wildman–Crippen MR) is 93.0 cm³/mol. The SMILES string of the molecule is CCCCn1c(O)c(C(=O)COc2ccccc2)c(C)c(C#N)c1=O. The topological polar surface area (TPSA) is 92.3 Å². The van der Waals surface area contributed by atoms with Crippen LogP contribution >= 0.6 is 0 Å². The third kappa shape index (κ3) is 3.89. The number of carbonyl (C=O) groups is 1. The number of Topliss-reactive ketones (excluding diaryl/α,β-unsaturated/α-hetero) is 1. The number of pyridine rings is 1. The van der Waals surface area contributed by atoms with Crippen LogP contribution in [0.3, 0.4) is 0 Å². The third-order valence-electron chi connectivity index (χ3n) is 3.93. The zero-order chi connectivity index (χ0) is 18.4. The van der Waals surface area contributed by atoms with E-state index in [-0.39, 0.29) is 29.8 Å². The van der Waals surface area contributed by atoms with Gasteiger partial charge in [-0.15, -0.1) is 0 Å². The summed E-state index contributed by atoms with van der Waals surface area (Å²) in [6, 6.07) is 10.6. The molecule has 0 aliphatic carbocycles. The second kappa shape index (κ2) is 8.15. The average molecular weight is 340 g/mol. The summed E-state index contributed by atoms with van der Waals surface area (Å²) >= 11 is 0. The Morgan fingerprint density at radius 1 is 1.32 bits per heavy atom. The van der Waals surface area contributed by atoms with Crippen molar-refractivity contribution in [1.29, 1.82) is 5.26 Å². The van der Waals surface area contributed by atoms with E-state index in [2.05, 4.69) is 0 Å². The first-order chi connectivity index (χ1) is 12.0. The smallest absolute Gasteiger partial charge is 0.271 e. The Hall–Kier alpha value is -3.07. The maximum Gasteiger partial charge on any atom is 0.271 e. The molecule has 25 heavy (non-hydrogen) atoms. The molecule has 130 valence electrons. The van der Waals surface area contributed by atoms with Gasteiger partial charge in [0.05, 0.1) is 5.56 Å². The minimum atomic E-state index is -0.577. The first-order valence-corrected chi connectivity index (χ1v) is 8.08. The molecular formula is C19H20N2O4. The maximum atomic E-state index is 12.6. The largest absolute Gasteiger partial charge is 0.494 e. The first kappa shape index (κ1) is 18.3. The van der Waals surface area contributed by atoms with Crippen LogP contribution in [0.5, 0.6) is 11.6 Å². The molecule has 0 aliphatic heterocycles. The van der Waals surface area contributed by atoms with E-state index in [0.717, 1.165) is 11.0 Å². The Kier molecular flexibility index (Phi) is 5.96.